The number of carbonyl (C=O) groups is 1. The number of fused-ring (bicyclic) bond motifs is 1. The Morgan fingerprint density at radius 3 is 2.60 bits per heavy atom. The Hall–Kier alpha value is -2.00. The van der Waals surface area contributed by atoms with Crippen LogP contribution in [0.5, 0.6) is 0 Å². The zero-order valence-corrected chi connectivity index (χ0v) is 19.3. The quantitative estimate of drug-likeness (QED) is 0.581. The fourth-order valence-corrected chi connectivity index (χ4v) is 6.73. The molecule has 1 aromatic carbocycles. The van der Waals surface area contributed by atoms with Gasteiger partial charge in [0.15, 0.2) is 0 Å². The summed E-state index contributed by atoms with van der Waals surface area (Å²) in [6.07, 6.45) is 1.55. The largest absolute Gasteiger partial charge is 0.326 e. The fourth-order valence-electron chi connectivity index (χ4n) is 3.65. The van der Waals surface area contributed by atoms with Crippen molar-refractivity contribution in [2.24, 2.45) is 0 Å². The lowest BCUT2D eigenvalue weighted by Gasteiger charge is -2.35. The van der Waals surface area contributed by atoms with Crippen LogP contribution >= 0.6 is 22.7 Å². The second kappa shape index (κ2) is 8.63. The predicted octanol–water partition coefficient (Wildman–Crippen LogP) is 4.67. The first-order chi connectivity index (χ1) is 14.4. The summed E-state index contributed by atoms with van der Waals surface area (Å²) in [7, 11) is -3.59. The van der Waals surface area contributed by atoms with Crippen LogP contribution in [0.4, 0.5) is 0 Å². The van der Waals surface area contributed by atoms with E-state index in [4.69, 9.17) is 0 Å². The SMILES string of the molecule is CCC(C)NS(=O)(=O)c1ccc(C(=O)N2CCc3sccc3C2c2cccs2)cc1. The van der Waals surface area contributed by atoms with Crippen molar-refractivity contribution in [3.05, 3.63) is 74.1 Å². The van der Waals surface area contributed by atoms with Crippen molar-refractivity contribution in [3.63, 3.8) is 0 Å². The lowest BCUT2D eigenvalue weighted by atomic mass is 9.97. The van der Waals surface area contributed by atoms with Gasteiger partial charge in [-0.2, -0.15) is 0 Å². The first-order valence-electron chi connectivity index (χ1n) is 9.93. The number of sulfonamides is 1. The molecule has 0 aliphatic carbocycles. The molecule has 0 saturated heterocycles. The maximum Gasteiger partial charge on any atom is 0.254 e. The Balaban J connectivity index is 1.61. The minimum absolute atomic E-state index is 0.0796. The molecule has 3 heterocycles. The average Bonchev–Trinajstić information content (AvgIpc) is 3.44. The molecule has 1 aliphatic rings. The zero-order chi connectivity index (χ0) is 21.3. The van der Waals surface area contributed by atoms with E-state index in [9.17, 15) is 13.2 Å². The molecule has 30 heavy (non-hydrogen) atoms. The average molecular weight is 461 g/mol. The third-order valence-electron chi connectivity index (χ3n) is 5.42. The number of nitrogens with one attached hydrogen (secondary N) is 1. The molecule has 1 N–H and O–H groups in total. The molecule has 1 amide bonds. The molecule has 0 radical (unpaired) electrons. The third-order valence-corrected chi connectivity index (χ3v) is 8.95. The summed E-state index contributed by atoms with van der Waals surface area (Å²) in [5.74, 6) is -0.0796. The van der Waals surface area contributed by atoms with Gasteiger partial charge in [0.2, 0.25) is 10.0 Å². The Bertz CT molecular complexity index is 1120. The highest BCUT2D eigenvalue weighted by atomic mass is 32.2. The first kappa shape index (κ1) is 21.2. The Kier molecular flexibility index (Phi) is 6.11. The summed E-state index contributed by atoms with van der Waals surface area (Å²) in [6, 6.07) is 12.2. The van der Waals surface area contributed by atoms with Gasteiger partial charge < -0.3 is 4.90 Å². The highest BCUT2D eigenvalue weighted by Gasteiger charge is 2.34. The highest BCUT2D eigenvalue weighted by molar-refractivity contribution is 7.89. The first-order valence-corrected chi connectivity index (χ1v) is 13.2. The van der Waals surface area contributed by atoms with E-state index in [1.807, 2.05) is 30.2 Å². The normalized spacial score (nSPS) is 17.5. The molecule has 2 unspecified atom stereocenters. The van der Waals surface area contributed by atoms with Crippen molar-refractivity contribution in [2.75, 3.05) is 6.54 Å². The molecule has 8 heteroatoms. The van der Waals surface area contributed by atoms with Crippen LogP contribution in [-0.4, -0.2) is 31.8 Å². The van der Waals surface area contributed by atoms with Crippen LogP contribution < -0.4 is 4.72 Å². The van der Waals surface area contributed by atoms with E-state index in [2.05, 4.69) is 22.2 Å². The van der Waals surface area contributed by atoms with Gasteiger partial charge in [-0.25, -0.2) is 13.1 Å². The number of carbonyl (C=O) groups excluding carboxylic acids is 1. The van der Waals surface area contributed by atoms with Gasteiger partial charge in [0.25, 0.3) is 5.91 Å². The second-order valence-corrected chi connectivity index (χ2v) is 11.1. The Labute approximate surface area is 185 Å². The van der Waals surface area contributed by atoms with Crippen LogP contribution in [0.3, 0.4) is 0 Å². The van der Waals surface area contributed by atoms with Gasteiger partial charge in [0, 0.05) is 27.9 Å². The topological polar surface area (TPSA) is 66.5 Å². The minimum Gasteiger partial charge on any atom is -0.326 e. The van der Waals surface area contributed by atoms with E-state index in [0.717, 1.165) is 11.3 Å². The number of hydrogen-bond donors (Lipinski definition) is 1. The molecule has 0 saturated carbocycles. The molecule has 3 aromatic rings. The predicted molar refractivity (Wildman–Crippen MR) is 122 cm³/mol. The van der Waals surface area contributed by atoms with E-state index in [1.54, 1.807) is 34.8 Å². The van der Waals surface area contributed by atoms with Crippen molar-refractivity contribution >= 4 is 38.6 Å². The summed E-state index contributed by atoms with van der Waals surface area (Å²) in [4.78, 5) is 17.9. The van der Waals surface area contributed by atoms with Crippen molar-refractivity contribution in [3.8, 4) is 0 Å². The number of hydrogen-bond acceptors (Lipinski definition) is 5. The van der Waals surface area contributed by atoms with Gasteiger partial charge in [0.05, 0.1) is 10.9 Å². The number of thiophene rings is 2. The number of nitrogens with zero attached hydrogens (tertiary/aromatic N) is 1. The molecule has 0 fully saturated rings. The molecule has 5 nitrogen and oxygen atoms in total. The van der Waals surface area contributed by atoms with Gasteiger partial charge >= 0.3 is 0 Å². The summed E-state index contributed by atoms with van der Waals surface area (Å²) in [5.41, 5.74) is 1.69. The van der Waals surface area contributed by atoms with E-state index in [-0.39, 0.29) is 22.9 Å². The van der Waals surface area contributed by atoms with Crippen LogP contribution in [0.2, 0.25) is 0 Å². The molecule has 0 spiro atoms. The van der Waals surface area contributed by atoms with Gasteiger partial charge in [-0.1, -0.05) is 13.0 Å². The van der Waals surface area contributed by atoms with Crippen LogP contribution in [0.1, 0.15) is 52.0 Å². The van der Waals surface area contributed by atoms with Crippen LogP contribution in [0, 0.1) is 0 Å². The molecular formula is C22H24N2O3S3. The fraction of sp³-hybridized carbons (Fsp3) is 0.318. The van der Waals surface area contributed by atoms with Gasteiger partial charge in [-0.3, -0.25) is 4.79 Å². The smallest absolute Gasteiger partial charge is 0.254 e. The van der Waals surface area contributed by atoms with Crippen LogP contribution in [0.25, 0.3) is 0 Å². The number of rotatable bonds is 6. The summed E-state index contributed by atoms with van der Waals surface area (Å²) < 4.78 is 27.6. The maximum atomic E-state index is 13.4. The number of amides is 1. The highest BCUT2D eigenvalue weighted by Crippen LogP contribution is 2.40. The van der Waals surface area contributed by atoms with E-state index < -0.39 is 10.0 Å². The molecule has 2 aromatic heterocycles. The molecule has 0 bridgehead atoms. The van der Waals surface area contributed by atoms with Gasteiger partial charge in [-0.15, -0.1) is 22.7 Å². The molecule has 158 valence electrons. The van der Waals surface area contributed by atoms with E-state index in [0.29, 0.717) is 18.5 Å². The maximum absolute atomic E-state index is 13.4. The Morgan fingerprint density at radius 2 is 1.93 bits per heavy atom. The monoisotopic (exact) mass is 460 g/mol. The van der Waals surface area contributed by atoms with Gasteiger partial charge in [-0.05, 0) is 72.5 Å². The molecular weight excluding hydrogens is 436 g/mol. The summed E-state index contributed by atoms with van der Waals surface area (Å²) >= 11 is 3.39. The van der Waals surface area contributed by atoms with Crippen molar-refractivity contribution in [1.82, 2.24) is 9.62 Å². The Morgan fingerprint density at radius 1 is 1.17 bits per heavy atom. The standard InChI is InChI=1S/C22H24N2O3S3/c1-3-15(2)23-30(26,27)17-8-6-16(7-9-17)22(25)24-12-10-19-18(11-14-29-19)21(24)20-5-4-13-28-20/h4-9,11,13-15,21,23H,3,10,12H2,1-2H3. The molecule has 4 rings (SSSR count). The lowest BCUT2D eigenvalue weighted by molar-refractivity contribution is 0.0698. The van der Waals surface area contributed by atoms with Crippen molar-refractivity contribution in [1.29, 1.82) is 0 Å². The molecule has 2 atom stereocenters. The summed E-state index contributed by atoms with van der Waals surface area (Å²) in [5, 5.41) is 4.12. The lowest BCUT2D eigenvalue weighted by Crippen LogP contribution is -2.39. The number of benzene rings is 1. The van der Waals surface area contributed by atoms with Crippen molar-refractivity contribution in [2.45, 2.75) is 43.7 Å². The van der Waals surface area contributed by atoms with Crippen LogP contribution in [-0.2, 0) is 16.4 Å². The summed E-state index contributed by atoms with van der Waals surface area (Å²) in [6.45, 7) is 4.40. The molecule has 1 aliphatic heterocycles. The van der Waals surface area contributed by atoms with Crippen LogP contribution in [0.15, 0.2) is 58.1 Å². The minimum atomic E-state index is -3.59. The van der Waals surface area contributed by atoms with E-state index >= 15 is 0 Å². The van der Waals surface area contributed by atoms with E-state index in [1.165, 1.54) is 22.6 Å². The zero-order valence-electron chi connectivity index (χ0n) is 16.9. The van der Waals surface area contributed by atoms with Crippen molar-refractivity contribution < 1.29 is 13.2 Å². The second-order valence-electron chi connectivity index (χ2n) is 7.42. The van der Waals surface area contributed by atoms with Gasteiger partial charge in [0.1, 0.15) is 0 Å². The third kappa shape index (κ3) is 4.09.